The van der Waals surface area contributed by atoms with Gasteiger partial charge in [0.25, 0.3) is 0 Å². The molecule has 0 bridgehead atoms. The average molecular weight is 279 g/mol. The number of nitrogens with zero attached hydrogens (tertiary/aromatic N) is 2. The highest BCUT2D eigenvalue weighted by Crippen LogP contribution is 2.27. The van der Waals surface area contributed by atoms with Gasteiger partial charge in [0.2, 0.25) is 0 Å². The maximum absolute atomic E-state index is 11.0. The number of carboxylic acid groups (broad SMARTS) is 1. The van der Waals surface area contributed by atoms with Crippen molar-refractivity contribution in [1.29, 1.82) is 0 Å². The minimum Gasteiger partial charge on any atom is -0.478 e. The molecule has 2 N–H and O–H groups in total. The van der Waals surface area contributed by atoms with Crippen LogP contribution in [0.1, 0.15) is 27.9 Å². The van der Waals surface area contributed by atoms with Crippen LogP contribution in [0, 0.1) is 0 Å². The number of pyridine rings is 1. The molecule has 2 aromatic heterocycles. The van der Waals surface area contributed by atoms with Crippen LogP contribution >= 0.6 is 0 Å². The molecule has 5 nitrogen and oxygen atoms in total. The maximum atomic E-state index is 11.0. The van der Waals surface area contributed by atoms with Crippen molar-refractivity contribution in [2.24, 2.45) is 0 Å². The van der Waals surface area contributed by atoms with Crippen molar-refractivity contribution < 1.29 is 9.90 Å². The van der Waals surface area contributed by atoms with E-state index >= 15 is 0 Å². The standard InChI is InChI=1S/C16H13N3O2/c20-16(21)12-7-13-15(17-8-12)19-14(18-13)11-5-4-9-2-1-3-10(9)6-11/h4-8H,1-3H2,(H,20,21)(H,17,18,19). The Balaban J connectivity index is 1.81. The molecule has 0 radical (unpaired) electrons. The van der Waals surface area contributed by atoms with Crippen molar-refractivity contribution in [2.75, 3.05) is 0 Å². The number of aromatic nitrogens is 3. The lowest BCUT2D eigenvalue weighted by Crippen LogP contribution is -1.96. The number of hydrogen-bond acceptors (Lipinski definition) is 3. The highest BCUT2D eigenvalue weighted by molar-refractivity contribution is 5.91. The molecule has 4 rings (SSSR count). The van der Waals surface area contributed by atoms with E-state index in [4.69, 9.17) is 5.11 Å². The third-order valence-corrected chi connectivity index (χ3v) is 3.96. The number of nitrogens with one attached hydrogen (secondary N) is 1. The number of benzene rings is 1. The van der Waals surface area contributed by atoms with Crippen LogP contribution in [0.25, 0.3) is 22.6 Å². The molecule has 104 valence electrons. The summed E-state index contributed by atoms with van der Waals surface area (Å²) in [6.07, 6.45) is 4.81. The van der Waals surface area contributed by atoms with E-state index in [1.165, 1.54) is 23.7 Å². The highest BCUT2D eigenvalue weighted by atomic mass is 16.4. The zero-order valence-corrected chi connectivity index (χ0v) is 11.3. The van der Waals surface area contributed by atoms with Gasteiger partial charge in [-0.15, -0.1) is 0 Å². The summed E-state index contributed by atoms with van der Waals surface area (Å²) in [7, 11) is 0. The highest BCUT2D eigenvalue weighted by Gasteiger charge is 2.14. The molecular weight excluding hydrogens is 266 g/mol. The summed E-state index contributed by atoms with van der Waals surface area (Å²) in [4.78, 5) is 22.7. The third-order valence-electron chi connectivity index (χ3n) is 3.96. The van der Waals surface area contributed by atoms with Gasteiger partial charge < -0.3 is 10.1 Å². The van der Waals surface area contributed by atoms with Gasteiger partial charge in [0.15, 0.2) is 5.65 Å². The van der Waals surface area contributed by atoms with Crippen LogP contribution in [-0.4, -0.2) is 26.0 Å². The van der Waals surface area contributed by atoms with Crippen LogP contribution in [0.3, 0.4) is 0 Å². The zero-order chi connectivity index (χ0) is 14.4. The van der Waals surface area contributed by atoms with Crippen LogP contribution in [0.2, 0.25) is 0 Å². The lowest BCUT2D eigenvalue weighted by Gasteiger charge is -2.01. The second kappa shape index (κ2) is 4.41. The molecule has 0 saturated carbocycles. The monoisotopic (exact) mass is 279 g/mol. The first-order valence-corrected chi connectivity index (χ1v) is 6.92. The van der Waals surface area contributed by atoms with Crippen molar-refractivity contribution in [3.05, 3.63) is 47.2 Å². The predicted molar refractivity (Wildman–Crippen MR) is 78.3 cm³/mol. The normalized spacial score (nSPS) is 13.5. The van der Waals surface area contributed by atoms with Crippen molar-refractivity contribution >= 4 is 17.1 Å². The Hall–Kier alpha value is -2.69. The number of aryl methyl sites for hydroxylation is 2. The first-order valence-electron chi connectivity index (χ1n) is 6.92. The second-order valence-electron chi connectivity index (χ2n) is 5.32. The maximum Gasteiger partial charge on any atom is 0.337 e. The first-order chi connectivity index (χ1) is 10.2. The van der Waals surface area contributed by atoms with E-state index in [0.29, 0.717) is 11.2 Å². The molecule has 0 saturated heterocycles. The Morgan fingerprint density at radius 2 is 2.05 bits per heavy atom. The van der Waals surface area contributed by atoms with Gasteiger partial charge in [0, 0.05) is 11.8 Å². The number of rotatable bonds is 2. The van der Waals surface area contributed by atoms with Crippen LogP contribution in [-0.2, 0) is 12.8 Å². The molecule has 1 aliphatic carbocycles. The molecule has 0 atom stereocenters. The number of H-pyrrole nitrogens is 1. The minimum absolute atomic E-state index is 0.159. The van der Waals surface area contributed by atoms with Crippen molar-refractivity contribution in [2.45, 2.75) is 19.3 Å². The van der Waals surface area contributed by atoms with Gasteiger partial charge in [0.1, 0.15) is 5.82 Å². The molecule has 0 fully saturated rings. The predicted octanol–water partition coefficient (Wildman–Crippen LogP) is 2.81. The smallest absolute Gasteiger partial charge is 0.337 e. The summed E-state index contributed by atoms with van der Waals surface area (Å²) in [5.74, 6) is -0.257. The lowest BCUT2D eigenvalue weighted by atomic mass is 10.1. The van der Waals surface area contributed by atoms with Crippen LogP contribution in [0.15, 0.2) is 30.5 Å². The fraction of sp³-hybridized carbons (Fsp3) is 0.188. The number of aromatic amines is 1. The molecule has 5 heteroatoms. The molecular formula is C16H13N3O2. The van der Waals surface area contributed by atoms with E-state index in [9.17, 15) is 4.79 Å². The Labute approximate surface area is 120 Å². The van der Waals surface area contributed by atoms with E-state index in [-0.39, 0.29) is 5.56 Å². The van der Waals surface area contributed by atoms with Crippen LogP contribution in [0.5, 0.6) is 0 Å². The lowest BCUT2D eigenvalue weighted by molar-refractivity contribution is 0.0696. The van der Waals surface area contributed by atoms with Gasteiger partial charge in [-0.25, -0.2) is 14.8 Å². The Bertz CT molecular complexity index is 867. The molecule has 0 spiro atoms. The number of fused-ring (bicyclic) bond motifs is 2. The van der Waals surface area contributed by atoms with E-state index in [1.807, 2.05) is 0 Å². The Morgan fingerprint density at radius 1 is 1.19 bits per heavy atom. The van der Waals surface area contributed by atoms with Crippen molar-refractivity contribution in [3.63, 3.8) is 0 Å². The Morgan fingerprint density at radius 3 is 2.90 bits per heavy atom. The summed E-state index contributed by atoms with van der Waals surface area (Å²) in [5, 5.41) is 9.00. The van der Waals surface area contributed by atoms with E-state index in [0.717, 1.165) is 24.2 Å². The largest absolute Gasteiger partial charge is 0.478 e. The first kappa shape index (κ1) is 12.1. The van der Waals surface area contributed by atoms with Gasteiger partial charge in [-0.3, -0.25) is 0 Å². The van der Waals surface area contributed by atoms with Gasteiger partial charge >= 0.3 is 5.97 Å². The zero-order valence-electron chi connectivity index (χ0n) is 11.3. The van der Waals surface area contributed by atoms with E-state index in [1.54, 1.807) is 6.07 Å². The quantitative estimate of drug-likeness (QED) is 0.756. The second-order valence-corrected chi connectivity index (χ2v) is 5.32. The number of carboxylic acids is 1. The third kappa shape index (κ3) is 1.98. The Kier molecular flexibility index (Phi) is 2.54. The van der Waals surface area contributed by atoms with Crippen molar-refractivity contribution in [3.8, 4) is 11.4 Å². The number of imidazole rings is 1. The van der Waals surface area contributed by atoms with Gasteiger partial charge in [-0.05, 0) is 42.5 Å². The molecule has 0 amide bonds. The minimum atomic E-state index is -0.988. The molecule has 0 aliphatic heterocycles. The molecule has 1 aromatic carbocycles. The molecule has 2 heterocycles. The van der Waals surface area contributed by atoms with E-state index < -0.39 is 5.97 Å². The van der Waals surface area contributed by atoms with Crippen LogP contribution < -0.4 is 0 Å². The summed E-state index contributed by atoms with van der Waals surface area (Å²) in [6, 6.07) is 7.94. The van der Waals surface area contributed by atoms with Crippen molar-refractivity contribution in [1.82, 2.24) is 15.0 Å². The summed E-state index contributed by atoms with van der Waals surface area (Å²) < 4.78 is 0. The van der Waals surface area contributed by atoms with Crippen LogP contribution in [0.4, 0.5) is 0 Å². The van der Waals surface area contributed by atoms with Gasteiger partial charge in [0.05, 0.1) is 11.1 Å². The fourth-order valence-electron chi connectivity index (χ4n) is 2.87. The summed E-state index contributed by atoms with van der Waals surface area (Å²) in [6.45, 7) is 0. The summed E-state index contributed by atoms with van der Waals surface area (Å²) >= 11 is 0. The fourth-order valence-corrected chi connectivity index (χ4v) is 2.87. The van der Waals surface area contributed by atoms with E-state index in [2.05, 4.69) is 33.2 Å². The molecule has 1 aliphatic rings. The topological polar surface area (TPSA) is 78.9 Å². The number of carbonyl (C=O) groups is 1. The average Bonchev–Trinajstić information content (AvgIpc) is 3.11. The SMILES string of the molecule is O=C(O)c1cnc2nc(-c3ccc4c(c3)CCC4)[nH]c2c1. The molecule has 3 aromatic rings. The molecule has 21 heavy (non-hydrogen) atoms. The van der Waals surface area contributed by atoms with Gasteiger partial charge in [-0.2, -0.15) is 0 Å². The molecule has 0 unspecified atom stereocenters. The van der Waals surface area contributed by atoms with Gasteiger partial charge in [-0.1, -0.05) is 12.1 Å². The number of hydrogen-bond donors (Lipinski definition) is 2. The number of aromatic carboxylic acids is 1. The summed E-state index contributed by atoms with van der Waals surface area (Å²) in [5.41, 5.74) is 5.16.